The van der Waals surface area contributed by atoms with E-state index >= 15 is 0 Å². The molecule has 0 radical (unpaired) electrons. The van der Waals surface area contributed by atoms with E-state index in [9.17, 15) is 19.7 Å². The molecule has 0 atom stereocenters. The Bertz CT molecular complexity index is 1440. The van der Waals surface area contributed by atoms with Crippen LogP contribution in [0.3, 0.4) is 0 Å². The lowest BCUT2D eigenvalue weighted by Crippen LogP contribution is -2.27. The van der Waals surface area contributed by atoms with Crippen LogP contribution in [0.1, 0.15) is 16.7 Å². The first kappa shape index (κ1) is 26.5. The van der Waals surface area contributed by atoms with Crippen molar-refractivity contribution in [1.29, 1.82) is 0 Å². The lowest BCUT2D eigenvalue weighted by Gasteiger charge is -2.13. The molecule has 0 saturated carbocycles. The molecule has 0 bridgehead atoms. The highest BCUT2D eigenvalue weighted by atomic mass is 79.9. The van der Waals surface area contributed by atoms with E-state index in [4.69, 9.17) is 17.0 Å². The Balaban J connectivity index is 1.37. The van der Waals surface area contributed by atoms with Gasteiger partial charge >= 0.3 is 0 Å². The van der Waals surface area contributed by atoms with Gasteiger partial charge in [0.2, 0.25) is 0 Å². The number of nitrogens with one attached hydrogen (secondary N) is 1. The summed E-state index contributed by atoms with van der Waals surface area (Å²) in [6.45, 7) is 3.81. The average Bonchev–Trinajstić information content (AvgIpc) is 3.14. The predicted octanol–water partition coefficient (Wildman–Crippen LogP) is 6.40. The fourth-order valence-electron chi connectivity index (χ4n) is 3.44. The number of amides is 2. The minimum absolute atomic E-state index is 0.0670. The number of rotatable bonds is 7. The molecule has 8 nitrogen and oxygen atoms in total. The second-order valence-electron chi connectivity index (χ2n) is 8.11. The molecule has 3 aromatic rings. The van der Waals surface area contributed by atoms with Crippen molar-refractivity contribution in [2.24, 2.45) is 0 Å². The predicted molar refractivity (Wildman–Crippen MR) is 153 cm³/mol. The Morgan fingerprint density at radius 3 is 2.43 bits per heavy atom. The quantitative estimate of drug-likeness (QED) is 0.145. The molecular weight excluding hydrogens is 578 g/mol. The van der Waals surface area contributed by atoms with Crippen molar-refractivity contribution < 1.29 is 19.2 Å². The van der Waals surface area contributed by atoms with Crippen LogP contribution in [0, 0.1) is 24.0 Å². The van der Waals surface area contributed by atoms with Crippen LogP contribution in [0.25, 0.3) is 6.08 Å². The van der Waals surface area contributed by atoms with Crippen molar-refractivity contribution in [3.63, 3.8) is 0 Å². The van der Waals surface area contributed by atoms with Crippen LogP contribution in [-0.4, -0.2) is 27.7 Å². The van der Waals surface area contributed by atoms with Crippen LogP contribution in [-0.2, 0) is 9.59 Å². The Labute approximate surface area is 231 Å². The number of carbonyl (C=O) groups is 2. The molecule has 2 amide bonds. The third kappa shape index (κ3) is 6.24. The molecule has 11 heteroatoms. The Morgan fingerprint density at radius 2 is 1.78 bits per heavy atom. The van der Waals surface area contributed by atoms with Gasteiger partial charge in [-0.1, -0.05) is 36.1 Å². The number of halogens is 1. The molecule has 3 aromatic carbocycles. The molecule has 1 N–H and O–H groups in total. The number of nitrogens with zero attached hydrogens (tertiary/aromatic N) is 2. The lowest BCUT2D eigenvalue weighted by molar-refractivity contribution is -0.384. The molecule has 0 aromatic heterocycles. The highest BCUT2D eigenvalue weighted by molar-refractivity contribution is 9.10. The van der Waals surface area contributed by atoms with Crippen LogP contribution in [0.2, 0.25) is 0 Å². The maximum atomic E-state index is 12.9. The summed E-state index contributed by atoms with van der Waals surface area (Å²) < 4.78 is 6.74. The molecule has 37 heavy (non-hydrogen) atoms. The summed E-state index contributed by atoms with van der Waals surface area (Å²) in [5, 5.41) is 13.7. The monoisotopic (exact) mass is 597 g/mol. The smallest absolute Gasteiger partial charge is 0.270 e. The maximum Gasteiger partial charge on any atom is 0.270 e. The van der Waals surface area contributed by atoms with Crippen molar-refractivity contribution >= 4 is 79.2 Å². The van der Waals surface area contributed by atoms with E-state index in [0.29, 0.717) is 26.3 Å². The molecule has 1 saturated heterocycles. The van der Waals surface area contributed by atoms with Gasteiger partial charge in [-0.3, -0.25) is 24.6 Å². The number of aryl methyl sites for hydroxylation is 2. The van der Waals surface area contributed by atoms with Crippen LogP contribution in [0.5, 0.6) is 5.75 Å². The van der Waals surface area contributed by atoms with Gasteiger partial charge in [-0.2, -0.15) is 0 Å². The molecule has 188 valence electrons. The first-order valence-electron chi connectivity index (χ1n) is 10.9. The summed E-state index contributed by atoms with van der Waals surface area (Å²) in [5.41, 5.74) is 4.02. The van der Waals surface area contributed by atoms with Gasteiger partial charge in [-0.25, -0.2) is 0 Å². The third-order valence-electron chi connectivity index (χ3n) is 5.52. The number of benzene rings is 3. The standard InChI is InChI=1S/C26H20BrN3O5S2/c1-15-11-21(27)22(12-16(15)2)28-24(31)14-35-20-9-3-17(4-10-20)13-23-25(32)29(26(36)37-23)18-5-7-19(8-6-18)30(33)34/h3-13H,14H2,1-2H3,(H,28,31)/b23-13-. The number of nitro groups is 1. The SMILES string of the molecule is Cc1cc(Br)c(NC(=O)COc2ccc(/C=C3\SC(=S)N(c4ccc([N+](=O)[O-])cc4)C3=O)cc2)cc1C. The number of non-ortho nitro benzene ring substituents is 1. The summed E-state index contributed by atoms with van der Waals surface area (Å²) in [6, 6.07) is 16.5. The average molecular weight is 599 g/mol. The molecule has 1 heterocycles. The van der Waals surface area contributed by atoms with Gasteiger partial charge in [0.15, 0.2) is 10.9 Å². The minimum Gasteiger partial charge on any atom is -0.484 e. The largest absolute Gasteiger partial charge is 0.484 e. The summed E-state index contributed by atoms with van der Waals surface area (Å²) in [7, 11) is 0. The van der Waals surface area contributed by atoms with E-state index in [1.807, 2.05) is 26.0 Å². The van der Waals surface area contributed by atoms with Gasteiger partial charge in [0, 0.05) is 16.6 Å². The molecular formula is C26H20BrN3O5S2. The van der Waals surface area contributed by atoms with Gasteiger partial charge in [0.1, 0.15) is 5.75 Å². The van der Waals surface area contributed by atoms with Crippen molar-refractivity contribution in [2.75, 3.05) is 16.8 Å². The number of hydrogen-bond donors (Lipinski definition) is 1. The molecule has 0 spiro atoms. The van der Waals surface area contributed by atoms with E-state index in [1.54, 1.807) is 30.3 Å². The van der Waals surface area contributed by atoms with Crippen molar-refractivity contribution in [3.8, 4) is 5.75 Å². The van der Waals surface area contributed by atoms with E-state index in [0.717, 1.165) is 32.9 Å². The van der Waals surface area contributed by atoms with Gasteiger partial charge in [0.05, 0.1) is 21.2 Å². The molecule has 1 aliphatic rings. The normalized spacial score (nSPS) is 14.2. The highest BCUT2D eigenvalue weighted by Crippen LogP contribution is 2.36. The van der Waals surface area contributed by atoms with Crippen LogP contribution in [0.15, 0.2) is 70.0 Å². The lowest BCUT2D eigenvalue weighted by atomic mass is 10.1. The molecule has 0 aliphatic carbocycles. The number of thioether (sulfide) groups is 1. The molecule has 0 unspecified atom stereocenters. The van der Waals surface area contributed by atoms with Crippen molar-refractivity contribution in [1.82, 2.24) is 0 Å². The number of carbonyl (C=O) groups excluding carboxylic acids is 2. The van der Waals surface area contributed by atoms with Crippen molar-refractivity contribution in [3.05, 3.63) is 96.8 Å². The summed E-state index contributed by atoms with van der Waals surface area (Å²) in [5.74, 6) is -0.0915. The third-order valence-corrected chi connectivity index (χ3v) is 7.48. The Morgan fingerprint density at radius 1 is 1.14 bits per heavy atom. The zero-order valence-corrected chi connectivity index (χ0v) is 22.9. The van der Waals surface area contributed by atoms with Crippen LogP contribution < -0.4 is 15.0 Å². The summed E-state index contributed by atoms with van der Waals surface area (Å²) in [6.07, 6.45) is 1.71. The zero-order chi connectivity index (χ0) is 26.7. The van der Waals surface area contributed by atoms with Crippen molar-refractivity contribution in [2.45, 2.75) is 13.8 Å². The van der Waals surface area contributed by atoms with E-state index in [-0.39, 0.29) is 24.1 Å². The van der Waals surface area contributed by atoms with E-state index in [1.165, 1.54) is 29.2 Å². The number of anilines is 2. The number of hydrogen-bond acceptors (Lipinski definition) is 7. The second-order valence-corrected chi connectivity index (χ2v) is 10.6. The second kappa shape index (κ2) is 11.2. The maximum absolute atomic E-state index is 12.9. The minimum atomic E-state index is -0.502. The Hall–Kier alpha value is -3.54. The first-order valence-corrected chi connectivity index (χ1v) is 13.0. The number of thiocarbonyl (C=S) groups is 1. The van der Waals surface area contributed by atoms with E-state index < -0.39 is 4.92 Å². The molecule has 1 fully saturated rings. The topological polar surface area (TPSA) is 102 Å². The number of ether oxygens (including phenoxy) is 1. The first-order chi connectivity index (χ1) is 17.6. The van der Waals surface area contributed by atoms with Gasteiger partial charge < -0.3 is 10.1 Å². The van der Waals surface area contributed by atoms with E-state index in [2.05, 4.69) is 21.2 Å². The van der Waals surface area contributed by atoms with Crippen LogP contribution >= 0.6 is 39.9 Å². The van der Waals surface area contributed by atoms with Gasteiger partial charge in [-0.15, -0.1) is 0 Å². The molecule has 1 aliphatic heterocycles. The van der Waals surface area contributed by atoms with Gasteiger partial charge in [-0.05, 0) is 88.9 Å². The zero-order valence-electron chi connectivity index (χ0n) is 19.7. The fraction of sp³-hybridized carbons (Fsp3) is 0.115. The summed E-state index contributed by atoms with van der Waals surface area (Å²) >= 11 is 9.97. The summed E-state index contributed by atoms with van der Waals surface area (Å²) in [4.78, 5) is 37.4. The van der Waals surface area contributed by atoms with Crippen LogP contribution in [0.4, 0.5) is 17.1 Å². The number of nitro benzene ring substituents is 1. The Kier molecular flexibility index (Phi) is 8.06. The highest BCUT2D eigenvalue weighted by Gasteiger charge is 2.33. The molecule has 4 rings (SSSR count). The fourth-order valence-corrected chi connectivity index (χ4v) is 5.29. The van der Waals surface area contributed by atoms with Gasteiger partial charge in [0.25, 0.3) is 17.5 Å².